The molecule has 3 rings (SSSR count). The quantitative estimate of drug-likeness (QED) is 0.0816. The minimum atomic E-state index is -1.13. The van der Waals surface area contributed by atoms with Crippen LogP contribution in [-0.2, 0) is 9.53 Å². The fourth-order valence-corrected chi connectivity index (χ4v) is 4.76. The number of hydrogen-bond acceptors (Lipinski definition) is 5. The van der Waals surface area contributed by atoms with Crippen LogP contribution in [-0.4, -0.2) is 31.3 Å². The maximum atomic E-state index is 14.1. The van der Waals surface area contributed by atoms with Gasteiger partial charge in [-0.05, 0) is 53.2 Å². The van der Waals surface area contributed by atoms with Crippen LogP contribution in [0.5, 0.6) is 5.75 Å². The lowest BCUT2D eigenvalue weighted by Crippen LogP contribution is -2.23. The largest absolute Gasteiger partial charge is 0.497 e. The van der Waals surface area contributed by atoms with Gasteiger partial charge in [-0.15, -0.1) is 0 Å². The zero-order chi connectivity index (χ0) is 29.8. The molecular weight excluding hydrogens is 512 g/mol. The van der Waals surface area contributed by atoms with Gasteiger partial charge in [-0.2, -0.15) is 0 Å². The third-order valence-electron chi connectivity index (χ3n) is 7.45. The van der Waals surface area contributed by atoms with Crippen LogP contribution in [0.3, 0.4) is 0 Å². The molecule has 2 unspecified atom stereocenters. The van der Waals surface area contributed by atoms with E-state index in [1.165, 1.54) is 13.2 Å². The molecule has 0 heterocycles. The Hall–Kier alpha value is -3.99. The van der Waals surface area contributed by atoms with Crippen molar-refractivity contribution < 1.29 is 23.9 Å². The third kappa shape index (κ3) is 8.75. The topological polar surface area (TPSA) is 69.7 Å². The Labute approximate surface area is 244 Å². The number of Topliss-reactive ketones (excluding diaryl/α,β-unsaturated/α-hetero) is 2. The number of hydrogen-bond donors (Lipinski definition) is 0. The van der Waals surface area contributed by atoms with Gasteiger partial charge in [0.2, 0.25) is 0 Å². The summed E-state index contributed by atoms with van der Waals surface area (Å²) in [6, 6.07) is 21.4. The lowest BCUT2D eigenvalue weighted by molar-refractivity contribution is -0.139. The van der Waals surface area contributed by atoms with Crippen LogP contribution in [0.1, 0.15) is 103 Å². The molecule has 0 spiro atoms. The van der Waals surface area contributed by atoms with Crippen LogP contribution < -0.4 is 4.74 Å². The summed E-state index contributed by atoms with van der Waals surface area (Å²) in [5.41, 5.74) is 3.02. The van der Waals surface area contributed by atoms with E-state index in [0.717, 1.165) is 31.2 Å². The second kappa shape index (κ2) is 15.7. The lowest BCUT2D eigenvalue weighted by Gasteiger charge is -2.19. The van der Waals surface area contributed by atoms with Gasteiger partial charge in [-0.1, -0.05) is 108 Å². The standard InChI is InChI=1S/C36H42O5/c1-6-8-12-26(7-2)24-41-33(37)22-20-28-19-21-31(40-5)23-32(28)34(35(38)29-13-10-9-11-14-29)36(39)30-17-15-27(16-18-30)25(3)4/h9-11,13-23,25-26,34H,6-8,12,24H2,1-5H3/b22-20+. The molecule has 0 aliphatic carbocycles. The smallest absolute Gasteiger partial charge is 0.330 e. The van der Waals surface area contributed by atoms with Crippen LogP contribution in [0, 0.1) is 5.92 Å². The van der Waals surface area contributed by atoms with Crippen LogP contribution >= 0.6 is 0 Å². The Kier molecular flexibility index (Phi) is 12.1. The van der Waals surface area contributed by atoms with Gasteiger partial charge >= 0.3 is 5.97 Å². The fraction of sp³-hybridized carbons (Fsp3) is 0.361. The average Bonchev–Trinajstić information content (AvgIpc) is 3.00. The molecular formula is C36H42O5. The molecule has 216 valence electrons. The Morgan fingerprint density at radius 1 is 0.854 bits per heavy atom. The summed E-state index contributed by atoms with van der Waals surface area (Å²) in [7, 11) is 1.54. The minimum absolute atomic E-state index is 0.315. The van der Waals surface area contributed by atoms with Crippen molar-refractivity contribution in [2.75, 3.05) is 13.7 Å². The molecule has 0 amide bonds. The zero-order valence-electron chi connectivity index (χ0n) is 24.9. The molecule has 3 aromatic carbocycles. The Bertz CT molecular complexity index is 1320. The Morgan fingerprint density at radius 3 is 2.10 bits per heavy atom. The highest BCUT2D eigenvalue weighted by Gasteiger charge is 2.32. The van der Waals surface area contributed by atoms with E-state index in [-0.39, 0.29) is 11.6 Å². The Balaban J connectivity index is 2.00. The van der Waals surface area contributed by atoms with Crippen LogP contribution in [0.4, 0.5) is 0 Å². The molecule has 5 heteroatoms. The van der Waals surface area contributed by atoms with E-state index in [2.05, 4.69) is 27.7 Å². The maximum absolute atomic E-state index is 14.1. The molecule has 0 fully saturated rings. The van der Waals surface area contributed by atoms with E-state index >= 15 is 0 Å². The lowest BCUT2D eigenvalue weighted by atomic mass is 9.82. The van der Waals surface area contributed by atoms with E-state index in [0.29, 0.717) is 46.4 Å². The molecule has 0 N–H and O–H groups in total. The summed E-state index contributed by atoms with van der Waals surface area (Å²) >= 11 is 0. The van der Waals surface area contributed by atoms with Gasteiger partial charge in [0.15, 0.2) is 11.6 Å². The monoisotopic (exact) mass is 554 g/mol. The number of ketones is 2. The molecule has 0 aliphatic rings. The number of unbranched alkanes of at least 4 members (excludes halogenated alkanes) is 1. The molecule has 0 aromatic heterocycles. The van der Waals surface area contributed by atoms with Crippen LogP contribution in [0.25, 0.3) is 6.08 Å². The van der Waals surface area contributed by atoms with Crippen molar-refractivity contribution in [1.82, 2.24) is 0 Å². The van der Waals surface area contributed by atoms with Crippen molar-refractivity contribution in [1.29, 1.82) is 0 Å². The fourth-order valence-electron chi connectivity index (χ4n) is 4.76. The van der Waals surface area contributed by atoms with Crippen LogP contribution in [0.15, 0.2) is 78.9 Å². The van der Waals surface area contributed by atoms with Crippen molar-refractivity contribution in [3.63, 3.8) is 0 Å². The molecule has 0 saturated carbocycles. The number of carbonyl (C=O) groups excluding carboxylic acids is 3. The summed E-state index contributed by atoms with van der Waals surface area (Å²) in [6.45, 7) is 8.80. The molecule has 0 radical (unpaired) electrons. The first-order valence-electron chi connectivity index (χ1n) is 14.5. The van der Waals surface area contributed by atoms with E-state index < -0.39 is 11.9 Å². The van der Waals surface area contributed by atoms with Crippen molar-refractivity contribution in [2.45, 2.75) is 65.2 Å². The molecule has 5 nitrogen and oxygen atoms in total. The van der Waals surface area contributed by atoms with Gasteiger partial charge in [-0.3, -0.25) is 9.59 Å². The highest BCUT2D eigenvalue weighted by molar-refractivity contribution is 6.20. The van der Waals surface area contributed by atoms with Crippen LogP contribution in [0.2, 0.25) is 0 Å². The molecule has 2 atom stereocenters. The number of methoxy groups -OCH3 is 1. The number of rotatable bonds is 15. The Morgan fingerprint density at radius 2 is 1.51 bits per heavy atom. The van der Waals surface area contributed by atoms with Crippen molar-refractivity contribution in [2.24, 2.45) is 5.92 Å². The summed E-state index contributed by atoms with van der Waals surface area (Å²) < 4.78 is 11.0. The summed E-state index contributed by atoms with van der Waals surface area (Å²) in [5.74, 6) is -1.08. The number of benzene rings is 3. The van der Waals surface area contributed by atoms with Gasteiger partial charge < -0.3 is 9.47 Å². The zero-order valence-corrected chi connectivity index (χ0v) is 24.9. The van der Waals surface area contributed by atoms with E-state index in [4.69, 9.17) is 9.47 Å². The van der Waals surface area contributed by atoms with Gasteiger partial charge in [0.05, 0.1) is 13.7 Å². The molecule has 41 heavy (non-hydrogen) atoms. The highest BCUT2D eigenvalue weighted by atomic mass is 16.5. The van der Waals surface area contributed by atoms with Crippen molar-refractivity contribution in [3.05, 3.63) is 107 Å². The summed E-state index contributed by atoms with van der Waals surface area (Å²) in [5, 5.41) is 0. The first kappa shape index (κ1) is 31.5. The summed E-state index contributed by atoms with van der Waals surface area (Å²) in [4.78, 5) is 40.6. The van der Waals surface area contributed by atoms with Crippen molar-refractivity contribution in [3.8, 4) is 5.75 Å². The highest BCUT2D eigenvalue weighted by Crippen LogP contribution is 2.32. The second-order valence-corrected chi connectivity index (χ2v) is 10.7. The van der Waals surface area contributed by atoms with Gasteiger partial charge in [0, 0.05) is 17.2 Å². The van der Waals surface area contributed by atoms with E-state index in [1.54, 1.807) is 60.7 Å². The predicted molar refractivity (Wildman–Crippen MR) is 165 cm³/mol. The SMILES string of the molecule is CCCCC(CC)COC(=O)/C=C/c1ccc(OC)cc1C(C(=O)c1ccccc1)C(=O)c1ccc(C(C)C)cc1. The summed E-state index contributed by atoms with van der Waals surface area (Å²) in [6.07, 6.45) is 7.16. The molecule has 3 aromatic rings. The van der Waals surface area contributed by atoms with Crippen molar-refractivity contribution >= 4 is 23.6 Å². The predicted octanol–water partition coefficient (Wildman–Crippen LogP) is 8.44. The van der Waals surface area contributed by atoms with E-state index in [9.17, 15) is 14.4 Å². The first-order chi connectivity index (χ1) is 19.8. The van der Waals surface area contributed by atoms with Gasteiger partial charge in [-0.25, -0.2) is 4.79 Å². The second-order valence-electron chi connectivity index (χ2n) is 10.7. The normalized spacial score (nSPS) is 12.7. The first-order valence-corrected chi connectivity index (χ1v) is 14.5. The number of carbonyl (C=O) groups is 3. The van der Waals surface area contributed by atoms with E-state index in [1.807, 2.05) is 18.2 Å². The van der Waals surface area contributed by atoms with Gasteiger partial charge in [0.25, 0.3) is 0 Å². The number of esters is 1. The molecule has 0 aliphatic heterocycles. The minimum Gasteiger partial charge on any atom is -0.497 e. The third-order valence-corrected chi connectivity index (χ3v) is 7.45. The maximum Gasteiger partial charge on any atom is 0.330 e. The average molecular weight is 555 g/mol. The molecule has 0 saturated heterocycles. The number of ether oxygens (including phenoxy) is 2. The molecule has 0 bridgehead atoms. The van der Waals surface area contributed by atoms with Gasteiger partial charge in [0.1, 0.15) is 11.7 Å².